The van der Waals surface area contributed by atoms with Crippen molar-refractivity contribution in [3.8, 4) is 11.6 Å². The van der Waals surface area contributed by atoms with Gasteiger partial charge in [-0.2, -0.15) is 19.5 Å². The molecule has 35 heavy (non-hydrogen) atoms. The summed E-state index contributed by atoms with van der Waals surface area (Å²) in [6.45, 7) is 4.95. The summed E-state index contributed by atoms with van der Waals surface area (Å²) in [5.41, 5.74) is 5.03. The number of nitrogens with zero attached hydrogens (tertiary/aromatic N) is 7. The second kappa shape index (κ2) is 8.80. The lowest BCUT2D eigenvalue weighted by molar-refractivity contribution is -0.142. The Morgan fingerprint density at radius 2 is 1.91 bits per heavy atom. The van der Waals surface area contributed by atoms with Crippen LogP contribution in [0, 0.1) is 5.92 Å². The van der Waals surface area contributed by atoms with Crippen LogP contribution in [0.15, 0.2) is 22.8 Å². The quantitative estimate of drug-likeness (QED) is 0.427. The Kier molecular flexibility index (Phi) is 5.79. The Bertz CT molecular complexity index is 1220. The third kappa shape index (κ3) is 5.04. The molecule has 1 saturated heterocycles. The van der Waals surface area contributed by atoms with Crippen LogP contribution in [0.4, 0.5) is 11.9 Å². The number of amides is 2. The molecule has 3 aromatic rings. The molecule has 186 valence electrons. The highest BCUT2D eigenvalue weighted by atomic mass is 16.3. The normalized spacial score (nSPS) is 17.6. The minimum absolute atomic E-state index is 0.0538. The van der Waals surface area contributed by atoms with Gasteiger partial charge in [-0.25, -0.2) is 0 Å². The molecule has 13 heteroatoms. The molecule has 0 spiro atoms. The smallest absolute Gasteiger partial charge is 0.259 e. The van der Waals surface area contributed by atoms with Gasteiger partial charge in [0.05, 0.1) is 18.3 Å². The molecule has 4 N–H and O–H groups in total. The summed E-state index contributed by atoms with van der Waals surface area (Å²) in [5, 5.41) is 17.4. The number of piperazine rings is 1. The third-order valence-electron chi connectivity index (χ3n) is 6.15. The van der Waals surface area contributed by atoms with Crippen LogP contribution in [0.3, 0.4) is 0 Å². The standard InChI is InChI=1S/C22H29N9O4/c1-22(2,34)12-15(32)29-7-9-30(10-8-29)18(33)16(13-5-6-13)24-20-26-19(23)31-21(27-20)25-17(28-31)14-4-3-11-35-14/h3-4,11,13,16,34H,5-10,12H2,1-2H3,(H3,23,24,25,26,27,28)/t16-/m0/s1. The Morgan fingerprint density at radius 3 is 2.54 bits per heavy atom. The second-order valence-corrected chi connectivity index (χ2v) is 9.68. The van der Waals surface area contributed by atoms with Gasteiger partial charge in [-0.1, -0.05) is 0 Å². The topological polar surface area (TPSA) is 168 Å². The predicted octanol–water partition coefficient (Wildman–Crippen LogP) is 0.384. The van der Waals surface area contributed by atoms with E-state index in [1.165, 1.54) is 10.8 Å². The van der Waals surface area contributed by atoms with Crippen LogP contribution < -0.4 is 11.1 Å². The van der Waals surface area contributed by atoms with E-state index < -0.39 is 11.6 Å². The molecule has 0 unspecified atom stereocenters. The number of fused-ring (bicyclic) bond motifs is 1. The van der Waals surface area contributed by atoms with Crippen molar-refractivity contribution in [3.05, 3.63) is 18.4 Å². The van der Waals surface area contributed by atoms with Crippen molar-refractivity contribution < 1.29 is 19.1 Å². The number of hydrogen-bond acceptors (Lipinski definition) is 10. The fourth-order valence-electron chi connectivity index (χ4n) is 4.18. The Balaban J connectivity index is 1.27. The van der Waals surface area contributed by atoms with Crippen molar-refractivity contribution >= 4 is 29.5 Å². The minimum atomic E-state index is -1.06. The van der Waals surface area contributed by atoms with Gasteiger partial charge in [0.1, 0.15) is 6.04 Å². The zero-order chi connectivity index (χ0) is 24.7. The fourth-order valence-corrected chi connectivity index (χ4v) is 4.18. The third-order valence-corrected chi connectivity index (χ3v) is 6.15. The average Bonchev–Trinajstić information content (AvgIpc) is 3.31. The number of nitrogens with one attached hydrogen (secondary N) is 1. The first-order chi connectivity index (χ1) is 16.7. The Labute approximate surface area is 201 Å². The molecule has 2 fully saturated rings. The van der Waals surface area contributed by atoms with E-state index in [1.54, 1.807) is 35.8 Å². The van der Waals surface area contributed by atoms with Crippen molar-refractivity contribution in [2.75, 3.05) is 37.2 Å². The van der Waals surface area contributed by atoms with Gasteiger partial charge in [-0.15, -0.1) is 5.10 Å². The number of carbonyl (C=O) groups is 2. The lowest BCUT2D eigenvalue weighted by Gasteiger charge is -2.37. The number of aromatic nitrogens is 5. The first-order valence-corrected chi connectivity index (χ1v) is 11.7. The lowest BCUT2D eigenvalue weighted by atomic mass is 10.0. The summed E-state index contributed by atoms with van der Waals surface area (Å²) >= 11 is 0. The van der Waals surface area contributed by atoms with Crippen molar-refractivity contribution in [1.82, 2.24) is 34.4 Å². The molecule has 1 aliphatic heterocycles. The number of rotatable bonds is 7. The first kappa shape index (κ1) is 23.0. The maximum Gasteiger partial charge on any atom is 0.259 e. The van der Waals surface area contributed by atoms with Gasteiger partial charge < -0.3 is 30.4 Å². The Hall–Kier alpha value is -3.74. The maximum absolute atomic E-state index is 13.4. The van der Waals surface area contributed by atoms with E-state index in [0.717, 1.165) is 12.8 Å². The van der Waals surface area contributed by atoms with Crippen LogP contribution >= 0.6 is 0 Å². The molecule has 3 aromatic heterocycles. The number of hydrogen-bond donors (Lipinski definition) is 3. The second-order valence-electron chi connectivity index (χ2n) is 9.68. The number of aliphatic hydroxyl groups is 1. The zero-order valence-corrected chi connectivity index (χ0v) is 19.7. The number of nitrogens with two attached hydrogens (primary N) is 1. The van der Waals surface area contributed by atoms with Crippen LogP contribution in [0.2, 0.25) is 0 Å². The van der Waals surface area contributed by atoms with E-state index in [1.807, 2.05) is 0 Å². The zero-order valence-electron chi connectivity index (χ0n) is 19.7. The summed E-state index contributed by atoms with van der Waals surface area (Å²) in [5.74, 6) is 1.36. The summed E-state index contributed by atoms with van der Waals surface area (Å²) in [7, 11) is 0. The molecular formula is C22H29N9O4. The van der Waals surface area contributed by atoms with Crippen LogP contribution in [0.5, 0.6) is 0 Å². The molecule has 0 aromatic carbocycles. The van der Waals surface area contributed by atoms with E-state index in [-0.39, 0.29) is 41.8 Å². The molecule has 1 aliphatic carbocycles. The van der Waals surface area contributed by atoms with Gasteiger partial charge in [-0.3, -0.25) is 9.59 Å². The minimum Gasteiger partial charge on any atom is -0.461 e. The van der Waals surface area contributed by atoms with Gasteiger partial charge in [0.15, 0.2) is 5.76 Å². The molecule has 1 saturated carbocycles. The molecular weight excluding hydrogens is 454 g/mol. The highest BCUT2D eigenvalue weighted by Crippen LogP contribution is 2.35. The van der Waals surface area contributed by atoms with Gasteiger partial charge >= 0.3 is 0 Å². The van der Waals surface area contributed by atoms with Crippen LogP contribution in [0.1, 0.15) is 33.1 Å². The van der Waals surface area contributed by atoms with E-state index in [2.05, 4.69) is 25.4 Å². The lowest BCUT2D eigenvalue weighted by Crippen LogP contribution is -2.55. The molecule has 0 radical (unpaired) electrons. The van der Waals surface area contributed by atoms with E-state index in [4.69, 9.17) is 10.2 Å². The SMILES string of the molecule is CC(C)(O)CC(=O)N1CCN(C(=O)[C@@H](Nc2nc(N)n3nc(-c4ccco4)nc3n2)C2CC2)CC1. The number of anilines is 2. The summed E-state index contributed by atoms with van der Waals surface area (Å²) in [6.07, 6.45) is 3.44. The van der Waals surface area contributed by atoms with Crippen LogP contribution in [-0.4, -0.2) is 89.1 Å². The van der Waals surface area contributed by atoms with Gasteiger partial charge in [0.25, 0.3) is 5.78 Å². The van der Waals surface area contributed by atoms with E-state index in [9.17, 15) is 14.7 Å². The maximum atomic E-state index is 13.4. The largest absolute Gasteiger partial charge is 0.461 e. The predicted molar refractivity (Wildman–Crippen MR) is 125 cm³/mol. The Morgan fingerprint density at radius 1 is 1.20 bits per heavy atom. The van der Waals surface area contributed by atoms with Crippen LogP contribution in [0.25, 0.3) is 17.4 Å². The highest BCUT2D eigenvalue weighted by molar-refractivity contribution is 5.85. The van der Waals surface area contributed by atoms with Crippen molar-refractivity contribution in [1.29, 1.82) is 0 Å². The summed E-state index contributed by atoms with van der Waals surface area (Å²) in [4.78, 5) is 42.3. The first-order valence-electron chi connectivity index (χ1n) is 11.7. The van der Waals surface area contributed by atoms with E-state index >= 15 is 0 Å². The van der Waals surface area contributed by atoms with Gasteiger partial charge in [-0.05, 0) is 44.7 Å². The fraction of sp³-hybridized carbons (Fsp3) is 0.545. The molecule has 2 aliphatic rings. The van der Waals surface area contributed by atoms with E-state index in [0.29, 0.717) is 37.8 Å². The number of carbonyl (C=O) groups excluding carboxylic acids is 2. The number of nitrogen functional groups attached to an aromatic ring is 1. The van der Waals surface area contributed by atoms with Crippen molar-refractivity contribution in [3.63, 3.8) is 0 Å². The van der Waals surface area contributed by atoms with Gasteiger partial charge in [0, 0.05) is 26.2 Å². The molecule has 13 nitrogen and oxygen atoms in total. The molecule has 5 rings (SSSR count). The van der Waals surface area contributed by atoms with Crippen molar-refractivity contribution in [2.24, 2.45) is 5.92 Å². The highest BCUT2D eigenvalue weighted by Gasteiger charge is 2.40. The number of furan rings is 1. The van der Waals surface area contributed by atoms with Crippen molar-refractivity contribution in [2.45, 2.75) is 44.8 Å². The summed E-state index contributed by atoms with van der Waals surface area (Å²) < 4.78 is 6.66. The monoisotopic (exact) mass is 483 g/mol. The van der Waals surface area contributed by atoms with Crippen LogP contribution in [-0.2, 0) is 9.59 Å². The van der Waals surface area contributed by atoms with Gasteiger partial charge in [0.2, 0.25) is 29.5 Å². The molecule has 1 atom stereocenters. The summed E-state index contributed by atoms with van der Waals surface area (Å²) in [6, 6.07) is 2.97. The molecule has 2 amide bonds. The molecule has 0 bridgehead atoms. The molecule has 4 heterocycles. The average molecular weight is 484 g/mol.